The second-order valence-corrected chi connectivity index (χ2v) is 6.04. The Morgan fingerprint density at radius 3 is 2.60 bits per heavy atom. The van der Waals surface area contributed by atoms with Crippen molar-refractivity contribution in [2.75, 3.05) is 6.61 Å². The minimum absolute atomic E-state index is 0.0931. The normalized spacial score (nSPS) is 10.7. The summed E-state index contributed by atoms with van der Waals surface area (Å²) in [6.07, 6.45) is 0.561. The number of hydrogen-bond donors (Lipinski definition) is 3. The number of carbonyl (C=O) groups excluding carboxylic acids is 1. The van der Waals surface area contributed by atoms with E-state index in [1.165, 1.54) is 0 Å². The molecule has 134 valence electrons. The molecule has 0 aliphatic heterocycles. The molecular formula is C18H23N3O4. The number of hydrogen-bond acceptors (Lipinski definition) is 4. The van der Waals surface area contributed by atoms with Gasteiger partial charge in [0.25, 0.3) is 5.91 Å². The number of H-pyrrole nitrogens is 1. The summed E-state index contributed by atoms with van der Waals surface area (Å²) in [5.41, 5.74) is 2.24. The molecule has 1 amide bonds. The van der Waals surface area contributed by atoms with E-state index >= 15 is 0 Å². The van der Waals surface area contributed by atoms with Crippen molar-refractivity contribution in [3.8, 4) is 5.75 Å². The molecule has 0 atom stereocenters. The smallest absolute Gasteiger partial charge is 0.303 e. The number of aliphatic carboxylic acids is 1. The van der Waals surface area contributed by atoms with Gasteiger partial charge in [-0.1, -0.05) is 26.0 Å². The van der Waals surface area contributed by atoms with Crippen molar-refractivity contribution >= 4 is 11.9 Å². The molecule has 0 fully saturated rings. The number of rotatable bonds is 9. The van der Waals surface area contributed by atoms with Gasteiger partial charge in [0, 0.05) is 18.7 Å². The van der Waals surface area contributed by atoms with Crippen molar-refractivity contribution in [1.82, 2.24) is 15.5 Å². The molecule has 25 heavy (non-hydrogen) atoms. The largest absolute Gasteiger partial charge is 0.494 e. The lowest BCUT2D eigenvalue weighted by Gasteiger charge is -2.07. The maximum absolute atomic E-state index is 12.1. The van der Waals surface area contributed by atoms with Crippen LogP contribution >= 0.6 is 0 Å². The molecule has 7 heteroatoms. The van der Waals surface area contributed by atoms with Gasteiger partial charge in [0.2, 0.25) is 0 Å². The summed E-state index contributed by atoms with van der Waals surface area (Å²) >= 11 is 0. The summed E-state index contributed by atoms with van der Waals surface area (Å²) in [5, 5.41) is 18.3. The summed E-state index contributed by atoms with van der Waals surface area (Å²) in [4.78, 5) is 22.5. The summed E-state index contributed by atoms with van der Waals surface area (Å²) < 4.78 is 5.47. The van der Waals surface area contributed by atoms with Crippen molar-refractivity contribution in [2.24, 2.45) is 0 Å². The molecule has 2 aromatic rings. The molecule has 1 aromatic heterocycles. The van der Waals surface area contributed by atoms with E-state index in [-0.39, 0.29) is 18.2 Å². The Balaban J connectivity index is 1.78. The number of benzene rings is 1. The van der Waals surface area contributed by atoms with Crippen molar-refractivity contribution in [2.45, 2.75) is 39.2 Å². The SMILES string of the molecule is CC(C)c1cc(C(=O)NCc2ccc(OCCCC(=O)O)cc2)n[nH]1. The van der Waals surface area contributed by atoms with Crippen LogP contribution in [-0.4, -0.2) is 33.8 Å². The molecule has 0 saturated carbocycles. The first-order valence-electron chi connectivity index (χ1n) is 8.22. The highest BCUT2D eigenvalue weighted by molar-refractivity contribution is 5.92. The van der Waals surface area contributed by atoms with Crippen LogP contribution in [0.4, 0.5) is 0 Å². The second kappa shape index (κ2) is 8.86. The second-order valence-electron chi connectivity index (χ2n) is 6.04. The monoisotopic (exact) mass is 345 g/mol. The fourth-order valence-corrected chi connectivity index (χ4v) is 2.14. The first kappa shape index (κ1) is 18.5. The molecule has 1 aromatic carbocycles. The lowest BCUT2D eigenvalue weighted by atomic mass is 10.1. The molecule has 2 rings (SSSR count). The fourth-order valence-electron chi connectivity index (χ4n) is 2.14. The van der Waals surface area contributed by atoms with E-state index in [2.05, 4.69) is 15.5 Å². The third-order valence-electron chi connectivity index (χ3n) is 3.63. The minimum Gasteiger partial charge on any atom is -0.494 e. The zero-order valence-corrected chi connectivity index (χ0v) is 14.4. The molecule has 0 bridgehead atoms. The van der Waals surface area contributed by atoms with Crippen LogP contribution in [0.1, 0.15) is 54.4 Å². The number of carboxylic acids is 1. The predicted molar refractivity (Wildman–Crippen MR) is 92.7 cm³/mol. The maximum Gasteiger partial charge on any atom is 0.303 e. The van der Waals surface area contributed by atoms with Crippen LogP contribution in [-0.2, 0) is 11.3 Å². The molecule has 0 saturated heterocycles. The standard InChI is InChI=1S/C18H23N3O4/c1-12(2)15-10-16(21-20-15)18(24)19-11-13-5-7-14(8-6-13)25-9-3-4-17(22)23/h5-8,10,12H,3-4,9,11H2,1-2H3,(H,19,24)(H,20,21)(H,22,23). The number of aromatic nitrogens is 2. The number of ether oxygens (including phenoxy) is 1. The van der Waals surface area contributed by atoms with Crippen LogP contribution in [0.5, 0.6) is 5.75 Å². The van der Waals surface area contributed by atoms with E-state index in [1.54, 1.807) is 18.2 Å². The highest BCUT2D eigenvalue weighted by Gasteiger charge is 2.11. The average molecular weight is 345 g/mol. The molecule has 7 nitrogen and oxygen atoms in total. The van der Waals surface area contributed by atoms with Gasteiger partial charge < -0.3 is 15.2 Å². The minimum atomic E-state index is -0.827. The molecular weight excluding hydrogens is 322 g/mol. The van der Waals surface area contributed by atoms with Crippen LogP contribution in [0.2, 0.25) is 0 Å². The summed E-state index contributed by atoms with van der Waals surface area (Å²) in [6.45, 7) is 4.81. The first-order chi connectivity index (χ1) is 12.0. The Kier molecular flexibility index (Phi) is 6.56. The molecule has 0 radical (unpaired) electrons. The highest BCUT2D eigenvalue weighted by Crippen LogP contribution is 2.14. The van der Waals surface area contributed by atoms with Crippen LogP contribution in [0, 0.1) is 0 Å². The van der Waals surface area contributed by atoms with Crippen LogP contribution < -0.4 is 10.1 Å². The topological polar surface area (TPSA) is 104 Å². The van der Waals surface area contributed by atoms with E-state index in [9.17, 15) is 9.59 Å². The quantitative estimate of drug-likeness (QED) is 0.606. The Bertz CT molecular complexity index is 707. The van der Waals surface area contributed by atoms with Crippen molar-refractivity contribution in [1.29, 1.82) is 0 Å². The van der Waals surface area contributed by atoms with Gasteiger partial charge in [-0.25, -0.2) is 0 Å². The highest BCUT2D eigenvalue weighted by atomic mass is 16.5. The number of amides is 1. The molecule has 0 unspecified atom stereocenters. The Morgan fingerprint density at radius 2 is 2.00 bits per heavy atom. The third-order valence-corrected chi connectivity index (χ3v) is 3.63. The van der Waals surface area contributed by atoms with Gasteiger partial charge in [-0.2, -0.15) is 5.10 Å². The van der Waals surface area contributed by atoms with Crippen molar-refractivity contribution in [3.63, 3.8) is 0 Å². The first-order valence-corrected chi connectivity index (χ1v) is 8.22. The predicted octanol–water partition coefficient (Wildman–Crippen LogP) is 2.71. The molecule has 0 spiro atoms. The van der Waals surface area contributed by atoms with Gasteiger partial charge >= 0.3 is 5.97 Å². The van der Waals surface area contributed by atoms with E-state index in [0.717, 1.165) is 11.3 Å². The Morgan fingerprint density at radius 1 is 1.28 bits per heavy atom. The number of nitrogens with one attached hydrogen (secondary N) is 2. The van der Waals surface area contributed by atoms with Gasteiger partial charge in [-0.3, -0.25) is 14.7 Å². The lowest BCUT2D eigenvalue weighted by molar-refractivity contribution is -0.137. The zero-order valence-electron chi connectivity index (χ0n) is 14.4. The fraction of sp³-hybridized carbons (Fsp3) is 0.389. The number of aromatic amines is 1. The van der Waals surface area contributed by atoms with E-state index in [4.69, 9.17) is 9.84 Å². The average Bonchev–Trinajstić information content (AvgIpc) is 3.08. The van der Waals surface area contributed by atoms with Crippen LogP contribution in [0.15, 0.2) is 30.3 Å². The van der Waals surface area contributed by atoms with Crippen molar-refractivity contribution in [3.05, 3.63) is 47.3 Å². The van der Waals surface area contributed by atoms with Gasteiger partial charge in [-0.15, -0.1) is 0 Å². The molecule has 0 aliphatic rings. The van der Waals surface area contributed by atoms with Crippen LogP contribution in [0.3, 0.4) is 0 Å². The third kappa shape index (κ3) is 5.95. The zero-order chi connectivity index (χ0) is 18.2. The lowest BCUT2D eigenvalue weighted by Crippen LogP contribution is -2.23. The van der Waals surface area contributed by atoms with E-state index < -0.39 is 5.97 Å². The summed E-state index contributed by atoms with van der Waals surface area (Å²) in [5.74, 6) is -0.0873. The van der Waals surface area contributed by atoms with Gasteiger partial charge in [0.05, 0.1) is 6.61 Å². The summed E-state index contributed by atoms with van der Waals surface area (Å²) in [7, 11) is 0. The van der Waals surface area contributed by atoms with Gasteiger partial charge in [0.15, 0.2) is 0 Å². The van der Waals surface area contributed by atoms with E-state index in [1.807, 2.05) is 26.0 Å². The molecule has 1 heterocycles. The summed E-state index contributed by atoms with van der Waals surface area (Å²) in [6, 6.07) is 9.07. The van der Waals surface area contributed by atoms with Gasteiger partial charge in [0.1, 0.15) is 11.4 Å². The Labute approximate surface area is 146 Å². The maximum atomic E-state index is 12.1. The van der Waals surface area contributed by atoms with E-state index in [0.29, 0.717) is 31.0 Å². The Hall–Kier alpha value is -2.83. The number of carboxylic acid groups (broad SMARTS) is 1. The molecule has 0 aliphatic carbocycles. The number of carbonyl (C=O) groups is 2. The molecule has 3 N–H and O–H groups in total. The van der Waals surface area contributed by atoms with Gasteiger partial charge in [-0.05, 0) is 36.1 Å². The van der Waals surface area contributed by atoms with Crippen LogP contribution in [0.25, 0.3) is 0 Å². The van der Waals surface area contributed by atoms with Crippen molar-refractivity contribution < 1.29 is 19.4 Å². The number of nitrogens with zero attached hydrogens (tertiary/aromatic N) is 1.